The minimum Gasteiger partial charge on any atom is -0.489 e. The largest absolute Gasteiger partial charge is 0.489 e. The number of amides is 1. The highest BCUT2D eigenvalue weighted by atomic mass is 19.3. The van der Waals surface area contributed by atoms with Crippen LogP contribution in [-0.4, -0.2) is 42.8 Å². The minimum atomic E-state index is -3.10. The highest BCUT2D eigenvalue weighted by Crippen LogP contribution is 2.37. The molecule has 4 rings (SSSR count). The number of nitrogens with two attached hydrogens (primary N) is 1. The lowest BCUT2D eigenvalue weighted by molar-refractivity contribution is -0.174. The summed E-state index contributed by atoms with van der Waals surface area (Å²) in [5.74, 6) is -5.30. The first-order valence-corrected chi connectivity index (χ1v) is 13.8. The molecule has 0 saturated heterocycles. The molecular weight excluding hydrogens is 606 g/mol. The molecule has 3 aromatic rings. The number of rotatable bonds is 13. The van der Waals surface area contributed by atoms with Crippen molar-refractivity contribution in [3.05, 3.63) is 65.1 Å². The van der Waals surface area contributed by atoms with Gasteiger partial charge in [0.1, 0.15) is 11.6 Å². The van der Waals surface area contributed by atoms with Crippen molar-refractivity contribution in [1.29, 1.82) is 0 Å². The third kappa shape index (κ3) is 8.71. The van der Waals surface area contributed by atoms with Gasteiger partial charge in [-0.2, -0.15) is 8.78 Å². The second kappa shape index (κ2) is 14.0. The number of hydrogen-bond acceptors (Lipinski definition) is 10. The van der Waals surface area contributed by atoms with Crippen molar-refractivity contribution in [2.75, 3.05) is 13.4 Å². The SMILES string of the molecule is CC(C)(C)C(=O)OCOC(=O)C(NC(=O)c1nc(-c2ccc(OC(F)F)c(OCC3CC3)c2)oc1CN)c1ccc(F)cc1F. The maximum Gasteiger partial charge on any atom is 0.387 e. The number of aromatic nitrogens is 1. The molecule has 0 bridgehead atoms. The summed E-state index contributed by atoms with van der Waals surface area (Å²) in [4.78, 5) is 42.5. The molecule has 11 nitrogen and oxygen atoms in total. The van der Waals surface area contributed by atoms with Crippen LogP contribution in [0.4, 0.5) is 17.6 Å². The molecule has 15 heteroatoms. The van der Waals surface area contributed by atoms with Gasteiger partial charge in [0.25, 0.3) is 5.91 Å². The van der Waals surface area contributed by atoms with E-state index in [4.69, 9.17) is 24.4 Å². The lowest BCUT2D eigenvalue weighted by Crippen LogP contribution is -2.37. The first-order valence-electron chi connectivity index (χ1n) is 13.8. The molecule has 1 unspecified atom stereocenters. The van der Waals surface area contributed by atoms with E-state index in [0.29, 0.717) is 12.0 Å². The highest BCUT2D eigenvalue weighted by Gasteiger charge is 2.32. The van der Waals surface area contributed by atoms with E-state index >= 15 is 0 Å². The van der Waals surface area contributed by atoms with Crippen LogP contribution in [0.15, 0.2) is 40.8 Å². The fraction of sp³-hybridized carbons (Fsp3) is 0.400. The summed E-state index contributed by atoms with van der Waals surface area (Å²) < 4.78 is 80.0. The van der Waals surface area contributed by atoms with Gasteiger partial charge < -0.3 is 34.4 Å². The van der Waals surface area contributed by atoms with E-state index in [1.165, 1.54) is 18.2 Å². The Labute approximate surface area is 255 Å². The summed E-state index contributed by atoms with van der Waals surface area (Å²) in [6.07, 6.45) is 1.89. The zero-order valence-corrected chi connectivity index (χ0v) is 24.5. The lowest BCUT2D eigenvalue weighted by atomic mass is 9.98. The zero-order chi connectivity index (χ0) is 32.9. The predicted octanol–water partition coefficient (Wildman–Crippen LogP) is 5.03. The number of esters is 2. The molecule has 1 amide bonds. The van der Waals surface area contributed by atoms with Gasteiger partial charge in [-0.05, 0) is 63.8 Å². The van der Waals surface area contributed by atoms with Crippen LogP contribution in [0.5, 0.6) is 11.5 Å². The summed E-state index contributed by atoms with van der Waals surface area (Å²) in [6, 6.07) is 4.39. The van der Waals surface area contributed by atoms with Crippen molar-refractivity contribution in [3.63, 3.8) is 0 Å². The van der Waals surface area contributed by atoms with Gasteiger partial charge in [-0.3, -0.25) is 9.59 Å². The monoisotopic (exact) mass is 637 g/mol. The summed E-state index contributed by atoms with van der Waals surface area (Å²) in [6.45, 7) is 0.715. The molecule has 1 aliphatic carbocycles. The molecular formula is C30H31F4N3O8. The van der Waals surface area contributed by atoms with Gasteiger partial charge in [-0.25, -0.2) is 18.6 Å². The van der Waals surface area contributed by atoms with Crippen LogP contribution < -0.4 is 20.5 Å². The van der Waals surface area contributed by atoms with Crippen LogP contribution >= 0.6 is 0 Å². The lowest BCUT2D eigenvalue weighted by Gasteiger charge is -2.20. The van der Waals surface area contributed by atoms with Gasteiger partial charge >= 0.3 is 18.6 Å². The number of nitrogens with one attached hydrogen (secondary N) is 1. The van der Waals surface area contributed by atoms with E-state index in [0.717, 1.165) is 25.0 Å². The molecule has 0 spiro atoms. The predicted molar refractivity (Wildman–Crippen MR) is 148 cm³/mol. The highest BCUT2D eigenvalue weighted by molar-refractivity contribution is 5.96. The van der Waals surface area contributed by atoms with Crippen LogP contribution in [0, 0.1) is 23.0 Å². The molecule has 1 aliphatic rings. The van der Waals surface area contributed by atoms with E-state index in [2.05, 4.69) is 15.0 Å². The number of benzene rings is 2. The molecule has 242 valence electrons. The van der Waals surface area contributed by atoms with Crippen molar-refractivity contribution >= 4 is 17.8 Å². The molecule has 2 aromatic carbocycles. The molecule has 1 heterocycles. The number of nitrogens with zero attached hydrogens (tertiary/aromatic N) is 1. The van der Waals surface area contributed by atoms with Crippen LogP contribution in [0.25, 0.3) is 11.5 Å². The second-order valence-electron chi connectivity index (χ2n) is 11.1. The Kier molecular flexibility index (Phi) is 10.3. The van der Waals surface area contributed by atoms with Crippen molar-refractivity contribution in [3.8, 4) is 23.0 Å². The Morgan fingerprint density at radius 2 is 1.80 bits per heavy atom. The molecule has 3 N–H and O–H groups in total. The Balaban J connectivity index is 1.59. The Hall–Kier alpha value is -4.66. The standard InChI is InChI=1S/C30H31F4N3O8/c1-30(2,3)28(40)43-14-42-27(39)23(18-8-7-17(31)11-19(18)32)36-25(38)24-22(12-35)44-26(37-24)16-6-9-20(45-29(33)34)21(10-16)41-13-15-4-5-15/h6-11,15,23,29H,4-5,12-14,35H2,1-3H3,(H,36,38). The van der Waals surface area contributed by atoms with Gasteiger partial charge in [0.2, 0.25) is 12.7 Å². The third-order valence-corrected chi connectivity index (χ3v) is 6.46. The van der Waals surface area contributed by atoms with Crippen molar-refractivity contribution < 1.29 is 55.3 Å². The van der Waals surface area contributed by atoms with E-state index in [1.54, 1.807) is 20.8 Å². The van der Waals surface area contributed by atoms with Crippen molar-refractivity contribution in [1.82, 2.24) is 10.3 Å². The van der Waals surface area contributed by atoms with Crippen LogP contribution in [0.3, 0.4) is 0 Å². The number of oxazole rings is 1. The smallest absolute Gasteiger partial charge is 0.387 e. The average Bonchev–Trinajstić information content (AvgIpc) is 3.70. The maximum atomic E-state index is 14.7. The zero-order valence-electron chi connectivity index (χ0n) is 24.5. The molecule has 0 radical (unpaired) electrons. The molecule has 1 fully saturated rings. The molecule has 1 atom stereocenters. The van der Waals surface area contributed by atoms with E-state index < -0.39 is 59.9 Å². The van der Waals surface area contributed by atoms with Gasteiger partial charge in [0, 0.05) is 17.2 Å². The molecule has 1 aromatic heterocycles. The molecule has 45 heavy (non-hydrogen) atoms. The second-order valence-corrected chi connectivity index (χ2v) is 11.1. The third-order valence-electron chi connectivity index (χ3n) is 6.46. The number of carbonyl (C=O) groups is 3. The number of halogens is 4. The van der Waals surface area contributed by atoms with Crippen molar-refractivity contribution in [2.45, 2.75) is 52.8 Å². The first-order chi connectivity index (χ1) is 21.3. The van der Waals surface area contributed by atoms with Crippen LogP contribution in [0.2, 0.25) is 0 Å². The average molecular weight is 638 g/mol. The van der Waals surface area contributed by atoms with Gasteiger partial charge in [0.15, 0.2) is 29.0 Å². The number of carbonyl (C=O) groups excluding carboxylic acids is 3. The van der Waals surface area contributed by atoms with Crippen LogP contribution in [-0.2, 0) is 25.6 Å². The minimum absolute atomic E-state index is 0.0000411. The maximum absolute atomic E-state index is 14.7. The summed E-state index contributed by atoms with van der Waals surface area (Å²) >= 11 is 0. The van der Waals surface area contributed by atoms with Gasteiger partial charge in [-0.15, -0.1) is 0 Å². The fourth-order valence-electron chi connectivity index (χ4n) is 3.87. The molecule has 0 aliphatic heterocycles. The number of hydrogen-bond donors (Lipinski definition) is 2. The number of ether oxygens (including phenoxy) is 4. The van der Waals surface area contributed by atoms with Gasteiger partial charge in [-0.1, -0.05) is 6.07 Å². The first kappa shape index (κ1) is 33.2. The van der Waals surface area contributed by atoms with E-state index in [1.807, 2.05) is 0 Å². The fourth-order valence-corrected chi connectivity index (χ4v) is 3.87. The summed E-state index contributed by atoms with van der Waals surface area (Å²) in [7, 11) is 0. The van der Waals surface area contributed by atoms with Crippen molar-refractivity contribution in [2.24, 2.45) is 17.1 Å². The van der Waals surface area contributed by atoms with Crippen LogP contribution in [0.1, 0.15) is 61.5 Å². The summed E-state index contributed by atoms with van der Waals surface area (Å²) in [5.41, 5.74) is 4.23. The quantitative estimate of drug-likeness (QED) is 0.148. The normalized spacial score (nSPS) is 13.7. The van der Waals surface area contributed by atoms with E-state index in [-0.39, 0.29) is 47.6 Å². The Bertz CT molecular complexity index is 1550. The molecule has 1 saturated carbocycles. The Morgan fingerprint density at radius 1 is 1.07 bits per heavy atom. The van der Waals surface area contributed by atoms with Gasteiger partial charge in [0.05, 0.1) is 18.6 Å². The summed E-state index contributed by atoms with van der Waals surface area (Å²) in [5, 5.41) is 2.28. The van der Waals surface area contributed by atoms with E-state index in [9.17, 15) is 31.9 Å². The Morgan fingerprint density at radius 3 is 2.42 bits per heavy atom. The topological polar surface area (TPSA) is 152 Å². The number of alkyl halides is 2.